The highest BCUT2D eigenvalue weighted by atomic mass is 35.5. The number of ether oxygens (including phenoxy) is 1. The maximum atomic E-state index is 14.2. The lowest BCUT2D eigenvalue weighted by Gasteiger charge is -2.25. The summed E-state index contributed by atoms with van der Waals surface area (Å²) in [6.07, 6.45) is -3.96. The summed E-state index contributed by atoms with van der Waals surface area (Å²) >= 11 is 5.37. The third kappa shape index (κ3) is 2.53. The molecule has 0 bridgehead atoms. The van der Waals surface area contributed by atoms with E-state index < -0.39 is 48.0 Å². The van der Waals surface area contributed by atoms with Gasteiger partial charge in [-0.1, -0.05) is 11.6 Å². The summed E-state index contributed by atoms with van der Waals surface area (Å²) in [5.41, 5.74) is 3.15. The molecule has 0 unspecified atom stereocenters. The van der Waals surface area contributed by atoms with Crippen molar-refractivity contribution in [2.75, 3.05) is 12.3 Å². The highest BCUT2D eigenvalue weighted by Gasteiger charge is 2.54. The van der Waals surface area contributed by atoms with Crippen LogP contribution in [0.5, 0.6) is 0 Å². The molecule has 1 fully saturated rings. The number of nitrogen functional groups attached to an aromatic ring is 1. The number of aromatic nitrogens is 2. The van der Waals surface area contributed by atoms with Gasteiger partial charge < -0.3 is 20.7 Å². The second-order valence-corrected chi connectivity index (χ2v) is 4.72. The third-order valence-electron chi connectivity index (χ3n) is 3.22. The number of nitrogens with two attached hydrogens (primary N) is 1. The van der Waals surface area contributed by atoms with E-state index in [1.807, 2.05) is 0 Å². The standard InChI is InChI=1S/C11H12ClF2N3O4/c12-2-1-11(4-18)7(19)6(14)9(21-11)17-3-5(13)8(15)16-10(17)20/h1-3,6-7,9,18-19H,4H2,(H2,15,16,20)/b2-1+/t6-,7-,9+,11+/m0/s1. The van der Waals surface area contributed by atoms with Gasteiger partial charge in [-0.05, 0) is 6.08 Å². The molecule has 1 aliphatic heterocycles. The molecule has 0 aromatic carbocycles. The minimum absolute atomic E-state index is 0.513. The molecule has 0 spiro atoms. The van der Waals surface area contributed by atoms with Crippen molar-refractivity contribution in [2.45, 2.75) is 24.1 Å². The Labute approximate surface area is 122 Å². The highest BCUT2D eigenvalue weighted by Crippen LogP contribution is 2.39. The Bertz CT molecular complexity index is 626. The van der Waals surface area contributed by atoms with Crippen molar-refractivity contribution in [3.05, 3.63) is 34.1 Å². The van der Waals surface area contributed by atoms with Crippen molar-refractivity contribution in [1.29, 1.82) is 0 Å². The average molecular weight is 324 g/mol. The first-order valence-electron chi connectivity index (χ1n) is 5.79. The van der Waals surface area contributed by atoms with Crippen molar-refractivity contribution in [3.8, 4) is 0 Å². The van der Waals surface area contributed by atoms with Crippen LogP contribution in [-0.2, 0) is 4.74 Å². The number of hydrogen-bond acceptors (Lipinski definition) is 6. The molecule has 1 aromatic heterocycles. The zero-order valence-electron chi connectivity index (χ0n) is 10.5. The van der Waals surface area contributed by atoms with Crippen LogP contribution in [0.1, 0.15) is 6.23 Å². The topological polar surface area (TPSA) is 111 Å². The number of hydrogen-bond donors (Lipinski definition) is 3. The van der Waals surface area contributed by atoms with Crippen molar-refractivity contribution < 1.29 is 23.7 Å². The molecule has 116 valence electrons. The smallest absolute Gasteiger partial charge is 0.351 e. The van der Waals surface area contributed by atoms with Crippen LogP contribution in [0, 0.1) is 5.82 Å². The molecule has 0 aliphatic carbocycles. The van der Waals surface area contributed by atoms with Gasteiger partial charge in [-0.25, -0.2) is 13.6 Å². The monoisotopic (exact) mass is 323 g/mol. The maximum Gasteiger partial charge on any atom is 0.351 e. The van der Waals surface area contributed by atoms with Crippen LogP contribution in [-0.4, -0.2) is 44.2 Å². The number of aliphatic hydroxyl groups excluding tert-OH is 2. The Morgan fingerprint density at radius 2 is 2.33 bits per heavy atom. The Morgan fingerprint density at radius 3 is 2.90 bits per heavy atom. The summed E-state index contributed by atoms with van der Waals surface area (Å²) < 4.78 is 33.3. The lowest BCUT2D eigenvalue weighted by atomic mass is 9.97. The lowest BCUT2D eigenvalue weighted by Crippen LogP contribution is -2.43. The average Bonchev–Trinajstić information content (AvgIpc) is 2.69. The number of aliphatic hydroxyl groups is 2. The van der Waals surface area contributed by atoms with Crippen LogP contribution >= 0.6 is 11.6 Å². The molecule has 4 atom stereocenters. The van der Waals surface area contributed by atoms with Crippen molar-refractivity contribution in [1.82, 2.24) is 9.55 Å². The second-order valence-electron chi connectivity index (χ2n) is 4.47. The first kappa shape index (κ1) is 15.8. The first-order chi connectivity index (χ1) is 9.86. The number of rotatable bonds is 3. The van der Waals surface area contributed by atoms with Crippen LogP contribution in [0.4, 0.5) is 14.6 Å². The summed E-state index contributed by atoms with van der Waals surface area (Å²) in [6.45, 7) is -0.798. The number of alkyl halides is 1. The van der Waals surface area contributed by atoms with Crippen LogP contribution < -0.4 is 11.4 Å². The van der Waals surface area contributed by atoms with E-state index in [9.17, 15) is 23.8 Å². The normalized spacial score (nSPS) is 32.9. The van der Waals surface area contributed by atoms with Crippen LogP contribution in [0.3, 0.4) is 0 Å². The summed E-state index contributed by atoms with van der Waals surface area (Å²) in [6, 6.07) is 0. The Balaban J connectivity index is 2.47. The fourth-order valence-corrected chi connectivity index (χ4v) is 2.28. The van der Waals surface area contributed by atoms with E-state index in [1.54, 1.807) is 0 Å². The highest BCUT2D eigenvalue weighted by molar-refractivity contribution is 6.25. The lowest BCUT2D eigenvalue weighted by molar-refractivity contribution is -0.0985. The van der Waals surface area contributed by atoms with Crippen LogP contribution in [0.25, 0.3) is 0 Å². The van der Waals surface area contributed by atoms with Crippen molar-refractivity contribution >= 4 is 17.4 Å². The van der Waals surface area contributed by atoms with Gasteiger partial charge in [-0.15, -0.1) is 0 Å². The van der Waals surface area contributed by atoms with Gasteiger partial charge in [0.15, 0.2) is 24.0 Å². The molecule has 1 aliphatic rings. The summed E-state index contributed by atoms with van der Waals surface area (Å²) in [5, 5.41) is 19.2. The van der Waals surface area contributed by atoms with Gasteiger partial charge in [0.1, 0.15) is 11.7 Å². The number of nitrogens with zero attached hydrogens (tertiary/aromatic N) is 2. The number of halogens is 3. The minimum Gasteiger partial charge on any atom is -0.393 e. The molecule has 0 saturated carbocycles. The van der Waals surface area contributed by atoms with E-state index in [0.29, 0.717) is 10.8 Å². The number of anilines is 1. The summed E-state index contributed by atoms with van der Waals surface area (Å²) in [4.78, 5) is 14.8. The molecule has 1 aromatic rings. The van der Waals surface area contributed by atoms with E-state index in [0.717, 1.165) is 11.6 Å². The molecule has 2 heterocycles. The van der Waals surface area contributed by atoms with E-state index in [1.165, 1.54) is 0 Å². The Kier molecular flexibility index (Phi) is 4.28. The van der Waals surface area contributed by atoms with E-state index in [-0.39, 0.29) is 0 Å². The zero-order chi connectivity index (χ0) is 15.8. The van der Waals surface area contributed by atoms with Crippen molar-refractivity contribution in [2.24, 2.45) is 0 Å². The van der Waals surface area contributed by atoms with Gasteiger partial charge in [0.25, 0.3) is 0 Å². The van der Waals surface area contributed by atoms with E-state index in [4.69, 9.17) is 22.1 Å². The third-order valence-corrected chi connectivity index (χ3v) is 3.34. The van der Waals surface area contributed by atoms with E-state index in [2.05, 4.69) is 4.98 Å². The Morgan fingerprint density at radius 1 is 1.67 bits per heavy atom. The summed E-state index contributed by atoms with van der Waals surface area (Å²) in [5.74, 6) is -1.69. The van der Waals surface area contributed by atoms with E-state index >= 15 is 0 Å². The molecular formula is C11H12ClF2N3O4. The minimum atomic E-state index is -2.12. The molecule has 0 amide bonds. The second kappa shape index (κ2) is 5.68. The fourth-order valence-electron chi connectivity index (χ4n) is 2.06. The summed E-state index contributed by atoms with van der Waals surface area (Å²) in [7, 11) is 0. The Hall–Kier alpha value is -1.55. The van der Waals surface area contributed by atoms with Gasteiger partial charge in [0.2, 0.25) is 0 Å². The molecule has 10 heteroatoms. The molecule has 0 radical (unpaired) electrons. The molecule has 4 N–H and O–H groups in total. The molecule has 2 rings (SSSR count). The van der Waals surface area contributed by atoms with Gasteiger partial charge in [-0.3, -0.25) is 4.57 Å². The first-order valence-corrected chi connectivity index (χ1v) is 6.23. The molecule has 1 saturated heterocycles. The largest absolute Gasteiger partial charge is 0.393 e. The van der Waals surface area contributed by atoms with Gasteiger partial charge in [0, 0.05) is 5.54 Å². The van der Waals surface area contributed by atoms with Gasteiger partial charge >= 0.3 is 5.69 Å². The maximum absolute atomic E-state index is 14.2. The molecule has 21 heavy (non-hydrogen) atoms. The van der Waals surface area contributed by atoms with Crippen molar-refractivity contribution in [3.63, 3.8) is 0 Å². The van der Waals surface area contributed by atoms with Crippen LogP contribution in [0.2, 0.25) is 0 Å². The van der Waals surface area contributed by atoms with Gasteiger partial charge in [-0.2, -0.15) is 4.98 Å². The quantitative estimate of drug-likeness (QED) is 0.703. The van der Waals surface area contributed by atoms with Crippen LogP contribution in [0.15, 0.2) is 22.6 Å². The predicted octanol–water partition coefficient (Wildman–Crippen LogP) is -0.324. The predicted molar refractivity (Wildman–Crippen MR) is 68.7 cm³/mol. The SMILES string of the molecule is Nc1nc(=O)n([C@@H]2O[C@](/C=C/Cl)(CO)[C@@H](O)[C@@H]2F)cc1F. The zero-order valence-corrected chi connectivity index (χ0v) is 11.2. The van der Waals surface area contributed by atoms with Gasteiger partial charge in [0.05, 0.1) is 12.8 Å². The fraction of sp³-hybridized carbons (Fsp3) is 0.455. The molecule has 7 nitrogen and oxygen atoms in total. The molecular weight excluding hydrogens is 312 g/mol.